The molecule has 0 spiro atoms. The fourth-order valence-corrected chi connectivity index (χ4v) is 2.39. The first-order valence-corrected chi connectivity index (χ1v) is 5.95. The average Bonchev–Trinajstić information content (AvgIpc) is 2.29. The molecule has 1 aromatic heterocycles. The Balaban J connectivity index is 1.82. The maximum atomic E-state index is 4.15. The summed E-state index contributed by atoms with van der Waals surface area (Å²) in [6.45, 7) is 1.28. The third-order valence-corrected chi connectivity index (χ3v) is 3.41. The van der Waals surface area contributed by atoms with E-state index in [1.807, 2.05) is 18.5 Å². The molecule has 0 saturated carbocycles. The minimum Gasteiger partial charge on any atom is -0.303 e. The Kier molecular flexibility index (Phi) is 3.73. The summed E-state index contributed by atoms with van der Waals surface area (Å²) in [6.07, 6.45) is 10.4. The molecule has 1 unspecified atom stereocenters. The van der Waals surface area contributed by atoms with Crippen molar-refractivity contribution in [2.24, 2.45) is 0 Å². The van der Waals surface area contributed by atoms with Gasteiger partial charge in [0.2, 0.25) is 0 Å². The van der Waals surface area contributed by atoms with Gasteiger partial charge in [-0.1, -0.05) is 12.5 Å². The monoisotopic (exact) mass is 204 g/mol. The standard InChI is InChI=1S/C13H20N2/c1-15-10-3-2-6-13(15)8-7-12-5-4-9-14-11-12/h4-5,9,11,13H,2-3,6-8,10H2,1H3. The first kappa shape index (κ1) is 10.6. The Morgan fingerprint density at radius 1 is 1.47 bits per heavy atom. The maximum Gasteiger partial charge on any atom is 0.0299 e. The molecule has 0 bridgehead atoms. The van der Waals surface area contributed by atoms with Gasteiger partial charge < -0.3 is 4.90 Å². The molecule has 0 aromatic carbocycles. The first-order valence-electron chi connectivity index (χ1n) is 5.95. The molecule has 0 radical (unpaired) electrons. The van der Waals surface area contributed by atoms with Crippen LogP contribution in [0.4, 0.5) is 0 Å². The topological polar surface area (TPSA) is 16.1 Å². The lowest BCUT2D eigenvalue weighted by molar-refractivity contribution is 0.176. The van der Waals surface area contributed by atoms with Crippen molar-refractivity contribution < 1.29 is 0 Å². The summed E-state index contributed by atoms with van der Waals surface area (Å²) in [5.74, 6) is 0. The largest absolute Gasteiger partial charge is 0.303 e. The predicted molar refractivity (Wildman–Crippen MR) is 62.8 cm³/mol. The van der Waals surface area contributed by atoms with Crippen LogP contribution in [0.1, 0.15) is 31.2 Å². The molecule has 0 N–H and O–H groups in total. The molecule has 2 heteroatoms. The van der Waals surface area contributed by atoms with Gasteiger partial charge in [0, 0.05) is 18.4 Å². The van der Waals surface area contributed by atoms with Crippen LogP contribution in [0.2, 0.25) is 0 Å². The molecule has 82 valence electrons. The second-order valence-electron chi connectivity index (χ2n) is 4.53. The van der Waals surface area contributed by atoms with Gasteiger partial charge >= 0.3 is 0 Å². The number of piperidine rings is 1. The lowest BCUT2D eigenvalue weighted by Crippen LogP contribution is -2.36. The highest BCUT2D eigenvalue weighted by Gasteiger charge is 2.18. The van der Waals surface area contributed by atoms with Crippen molar-refractivity contribution in [1.82, 2.24) is 9.88 Å². The highest BCUT2D eigenvalue weighted by molar-refractivity contribution is 5.08. The lowest BCUT2D eigenvalue weighted by atomic mass is 9.97. The Labute approximate surface area is 92.3 Å². The van der Waals surface area contributed by atoms with Crippen molar-refractivity contribution in [1.29, 1.82) is 0 Å². The van der Waals surface area contributed by atoms with Crippen LogP contribution in [-0.2, 0) is 6.42 Å². The normalized spacial score (nSPS) is 22.9. The number of aromatic nitrogens is 1. The smallest absolute Gasteiger partial charge is 0.0299 e. The molecule has 1 saturated heterocycles. The van der Waals surface area contributed by atoms with Gasteiger partial charge in [0.25, 0.3) is 0 Å². The lowest BCUT2D eigenvalue weighted by Gasteiger charge is -2.32. The number of likely N-dealkylation sites (tertiary alicyclic amines) is 1. The van der Waals surface area contributed by atoms with E-state index in [2.05, 4.69) is 23.0 Å². The summed E-state index contributed by atoms with van der Waals surface area (Å²) in [4.78, 5) is 6.67. The van der Waals surface area contributed by atoms with Crippen LogP contribution < -0.4 is 0 Å². The zero-order valence-electron chi connectivity index (χ0n) is 9.52. The fraction of sp³-hybridized carbons (Fsp3) is 0.615. The van der Waals surface area contributed by atoms with Crippen LogP contribution in [0.25, 0.3) is 0 Å². The van der Waals surface area contributed by atoms with Crippen LogP contribution in [0.5, 0.6) is 0 Å². The van der Waals surface area contributed by atoms with Crippen LogP contribution in [0, 0.1) is 0 Å². The van der Waals surface area contributed by atoms with E-state index in [0.29, 0.717) is 0 Å². The number of hydrogen-bond donors (Lipinski definition) is 0. The summed E-state index contributed by atoms with van der Waals surface area (Å²) in [6, 6.07) is 4.99. The van der Waals surface area contributed by atoms with Crippen LogP contribution in [0.3, 0.4) is 0 Å². The molecular weight excluding hydrogens is 184 g/mol. The molecular formula is C13H20N2. The number of rotatable bonds is 3. The van der Waals surface area contributed by atoms with E-state index in [9.17, 15) is 0 Å². The summed E-state index contributed by atoms with van der Waals surface area (Å²) >= 11 is 0. The van der Waals surface area contributed by atoms with E-state index >= 15 is 0 Å². The minimum absolute atomic E-state index is 0.791. The van der Waals surface area contributed by atoms with E-state index in [0.717, 1.165) is 6.04 Å². The molecule has 1 aromatic rings. The Bertz CT molecular complexity index is 284. The summed E-state index contributed by atoms with van der Waals surface area (Å²) in [7, 11) is 2.26. The third kappa shape index (κ3) is 3.03. The van der Waals surface area contributed by atoms with Gasteiger partial charge in [-0.15, -0.1) is 0 Å². The second kappa shape index (κ2) is 5.26. The number of hydrogen-bond acceptors (Lipinski definition) is 2. The quantitative estimate of drug-likeness (QED) is 0.752. The predicted octanol–water partition coefficient (Wildman–Crippen LogP) is 2.50. The van der Waals surface area contributed by atoms with E-state index in [-0.39, 0.29) is 0 Å². The summed E-state index contributed by atoms with van der Waals surface area (Å²) < 4.78 is 0. The van der Waals surface area contributed by atoms with Crippen molar-refractivity contribution in [3.63, 3.8) is 0 Å². The molecule has 2 heterocycles. The van der Waals surface area contributed by atoms with Gasteiger partial charge in [0.15, 0.2) is 0 Å². The van der Waals surface area contributed by atoms with Gasteiger partial charge in [-0.25, -0.2) is 0 Å². The van der Waals surface area contributed by atoms with Crippen molar-refractivity contribution in [3.05, 3.63) is 30.1 Å². The van der Waals surface area contributed by atoms with Crippen LogP contribution in [-0.4, -0.2) is 29.5 Å². The highest BCUT2D eigenvalue weighted by Crippen LogP contribution is 2.19. The highest BCUT2D eigenvalue weighted by atomic mass is 15.1. The minimum atomic E-state index is 0.791. The molecule has 1 fully saturated rings. The average molecular weight is 204 g/mol. The van der Waals surface area contributed by atoms with E-state index in [1.165, 1.54) is 44.2 Å². The van der Waals surface area contributed by atoms with Crippen LogP contribution in [0.15, 0.2) is 24.5 Å². The second-order valence-corrected chi connectivity index (χ2v) is 4.53. The Hall–Kier alpha value is -0.890. The van der Waals surface area contributed by atoms with Gasteiger partial charge in [-0.05, 0) is 50.9 Å². The van der Waals surface area contributed by atoms with E-state index in [1.54, 1.807) is 0 Å². The summed E-state index contributed by atoms with van der Waals surface area (Å²) in [5, 5.41) is 0. The number of nitrogens with zero attached hydrogens (tertiary/aromatic N) is 2. The number of aryl methyl sites for hydroxylation is 1. The first-order chi connectivity index (χ1) is 7.36. The van der Waals surface area contributed by atoms with Gasteiger partial charge in [0.05, 0.1) is 0 Å². The molecule has 1 aliphatic heterocycles. The SMILES string of the molecule is CN1CCCCC1CCc1cccnc1. The molecule has 15 heavy (non-hydrogen) atoms. The Morgan fingerprint density at radius 3 is 3.13 bits per heavy atom. The molecule has 1 aliphatic rings. The maximum absolute atomic E-state index is 4.15. The zero-order valence-corrected chi connectivity index (χ0v) is 9.52. The van der Waals surface area contributed by atoms with Crippen molar-refractivity contribution >= 4 is 0 Å². The summed E-state index contributed by atoms with van der Waals surface area (Å²) in [5.41, 5.74) is 1.37. The zero-order chi connectivity index (χ0) is 10.5. The van der Waals surface area contributed by atoms with Gasteiger partial charge in [-0.2, -0.15) is 0 Å². The van der Waals surface area contributed by atoms with E-state index < -0.39 is 0 Å². The molecule has 2 nitrogen and oxygen atoms in total. The third-order valence-electron chi connectivity index (χ3n) is 3.41. The molecule has 1 atom stereocenters. The van der Waals surface area contributed by atoms with Crippen molar-refractivity contribution in [2.75, 3.05) is 13.6 Å². The molecule has 2 rings (SSSR count). The fourth-order valence-electron chi connectivity index (χ4n) is 2.39. The van der Waals surface area contributed by atoms with Gasteiger partial charge in [-0.3, -0.25) is 4.98 Å². The van der Waals surface area contributed by atoms with Crippen molar-refractivity contribution in [2.45, 2.75) is 38.1 Å². The molecule has 0 aliphatic carbocycles. The molecule has 0 amide bonds. The van der Waals surface area contributed by atoms with Gasteiger partial charge in [0.1, 0.15) is 0 Å². The number of pyridine rings is 1. The van der Waals surface area contributed by atoms with E-state index in [4.69, 9.17) is 0 Å². The van der Waals surface area contributed by atoms with Crippen LogP contribution >= 0.6 is 0 Å². The van der Waals surface area contributed by atoms with Crippen molar-refractivity contribution in [3.8, 4) is 0 Å². The Morgan fingerprint density at radius 2 is 2.40 bits per heavy atom.